The van der Waals surface area contributed by atoms with Crippen LogP contribution in [0.15, 0.2) is 11.1 Å². The van der Waals surface area contributed by atoms with Crippen LogP contribution in [0.4, 0.5) is 5.95 Å². The highest BCUT2D eigenvalue weighted by Gasteiger charge is 2.47. The first-order valence-corrected chi connectivity index (χ1v) is 8.76. The van der Waals surface area contributed by atoms with E-state index in [1.165, 1.54) is 18.0 Å². The van der Waals surface area contributed by atoms with Crippen molar-refractivity contribution in [2.75, 3.05) is 19.2 Å². The molecule has 0 bridgehead atoms. The van der Waals surface area contributed by atoms with Gasteiger partial charge < -0.3 is 34.8 Å². The van der Waals surface area contributed by atoms with E-state index in [-0.39, 0.29) is 17.1 Å². The first kappa shape index (κ1) is 17.9. The van der Waals surface area contributed by atoms with Crippen molar-refractivity contribution < 1.29 is 33.7 Å². The van der Waals surface area contributed by atoms with Gasteiger partial charge in [-0.05, 0) is 0 Å². The second-order valence-corrected chi connectivity index (χ2v) is 6.91. The number of anilines is 1. The van der Waals surface area contributed by atoms with Gasteiger partial charge in [0.05, 0.1) is 6.33 Å². The van der Waals surface area contributed by atoms with E-state index in [2.05, 4.69) is 15.0 Å². The number of ether oxygens (including phenoxy) is 3. The molecule has 13 nitrogen and oxygen atoms in total. The standard InChI is InChI=1S/C11H16N5O8P/c1-22-6-5(17)10(23-3-25(19,20)21)24-9(6)16-2-13-4-7(16)14-11(12)15-8(4)18/h2,5-6,9-10,17H,3H2,1H3,(H2,19,20,21)(H3,12,14,15,18)/t5?,6-,9+,10-/m0/s1. The average molecular weight is 377 g/mol. The predicted octanol–water partition coefficient (Wildman–Crippen LogP) is -1.92. The Labute approximate surface area is 139 Å². The number of rotatable bonds is 5. The zero-order valence-corrected chi connectivity index (χ0v) is 13.7. The van der Waals surface area contributed by atoms with E-state index in [1.54, 1.807) is 0 Å². The van der Waals surface area contributed by atoms with E-state index >= 15 is 0 Å². The minimum Gasteiger partial charge on any atom is -0.385 e. The van der Waals surface area contributed by atoms with Gasteiger partial charge in [-0.3, -0.25) is 18.9 Å². The Kier molecular flexibility index (Phi) is 4.64. The largest absolute Gasteiger partial charge is 0.385 e. The summed E-state index contributed by atoms with van der Waals surface area (Å²) in [5.74, 6) is -0.138. The third kappa shape index (κ3) is 3.43. The summed E-state index contributed by atoms with van der Waals surface area (Å²) in [5.41, 5.74) is 5.07. The minimum absolute atomic E-state index is 0.00160. The Balaban J connectivity index is 1.94. The number of hydrogen-bond donors (Lipinski definition) is 5. The van der Waals surface area contributed by atoms with E-state index in [9.17, 15) is 14.5 Å². The quantitative estimate of drug-likeness (QED) is 0.364. The summed E-state index contributed by atoms with van der Waals surface area (Å²) in [5, 5.41) is 10.2. The second kappa shape index (κ2) is 6.46. The van der Waals surface area contributed by atoms with Crippen molar-refractivity contribution in [2.24, 2.45) is 0 Å². The number of nitrogens with two attached hydrogens (primary N) is 1. The second-order valence-electron chi connectivity index (χ2n) is 5.32. The lowest BCUT2D eigenvalue weighted by molar-refractivity contribution is -0.167. The molecule has 3 rings (SSSR count). The number of aromatic nitrogens is 4. The van der Waals surface area contributed by atoms with Gasteiger partial charge in [-0.1, -0.05) is 0 Å². The Bertz CT molecular complexity index is 877. The Morgan fingerprint density at radius 1 is 1.52 bits per heavy atom. The van der Waals surface area contributed by atoms with E-state index in [0.717, 1.165) is 0 Å². The van der Waals surface area contributed by atoms with Crippen LogP contribution in [0.25, 0.3) is 11.2 Å². The monoisotopic (exact) mass is 377 g/mol. The van der Waals surface area contributed by atoms with Crippen LogP contribution in [0.5, 0.6) is 0 Å². The molecule has 3 heterocycles. The van der Waals surface area contributed by atoms with Crippen LogP contribution in [0.2, 0.25) is 0 Å². The van der Waals surface area contributed by atoms with Gasteiger partial charge in [0.25, 0.3) is 5.56 Å². The lowest BCUT2D eigenvalue weighted by atomic mass is 10.2. The summed E-state index contributed by atoms with van der Waals surface area (Å²) in [6.45, 7) is 0. The van der Waals surface area contributed by atoms with Crippen molar-refractivity contribution in [3.63, 3.8) is 0 Å². The van der Waals surface area contributed by atoms with E-state index in [0.29, 0.717) is 0 Å². The number of nitrogens with one attached hydrogen (secondary N) is 1. The Morgan fingerprint density at radius 3 is 2.88 bits per heavy atom. The van der Waals surface area contributed by atoms with Crippen LogP contribution >= 0.6 is 7.60 Å². The molecule has 0 radical (unpaired) electrons. The first-order valence-electron chi connectivity index (χ1n) is 6.96. The number of hydrogen-bond acceptors (Lipinski definition) is 9. The Morgan fingerprint density at radius 2 is 2.24 bits per heavy atom. The highest BCUT2D eigenvalue weighted by atomic mass is 31.2. The molecule has 1 aliphatic rings. The van der Waals surface area contributed by atoms with Gasteiger partial charge >= 0.3 is 7.60 Å². The molecule has 14 heteroatoms. The molecule has 0 aromatic carbocycles. The van der Waals surface area contributed by atoms with Gasteiger partial charge in [0, 0.05) is 7.11 Å². The number of fused-ring (bicyclic) bond motifs is 1. The molecule has 0 saturated carbocycles. The number of aliphatic hydroxyl groups excluding tert-OH is 1. The van der Waals surface area contributed by atoms with Crippen molar-refractivity contribution in [2.45, 2.75) is 24.7 Å². The SMILES string of the molecule is CO[C@H]1C(O)[C@@H](OCP(=O)(O)O)O[C@H]1n1cnc2c(=O)[nH]c(N)nc21. The van der Waals surface area contributed by atoms with Gasteiger partial charge in [-0.25, -0.2) is 4.98 Å². The molecule has 1 unspecified atom stereocenters. The third-order valence-electron chi connectivity index (χ3n) is 3.57. The molecular formula is C11H16N5O8P. The predicted molar refractivity (Wildman–Crippen MR) is 81.3 cm³/mol. The number of aliphatic hydroxyl groups is 1. The molecule has 4 atom stereocenters. The lowest BCUT2D eigenvalue weighted by Gasteiger charge is -2.19. The minimum atomic E-state index is -4.45. The molecule has 1 fully saturated rings. The topological polar surface area (TPSA) is 195 Å². The smallest absolute Gasteiger partial charge is 0.351 e. The van der Waals surface area contributed by atoms with Crippen LogP contribution < -0.4 is 11.3 Å². The molecule has 1 aliphatic heterocycles. The Hall–Kier alpha value is -1.86. The fourth-order valence-corrected chi connectivity index (χ4v) is 2.88. The van der Waals surface area contributed by atoms with Crippen LogP contribution in [0.3, 0.4) is 0 Å². The van der Waals surface area contributed by atoms with E-state index in [4.69, 9.17) is 29.7 Å². The zero-order chi connectivity index (χ0) is 18.4. The van der Waals surface area contributed by atoms with E-state index in [1.807, 2.05) is 0 Å². The molecule has 0 amide bonds. The van der Waals surface area contributed by atoms with Crippen molar-refractivity contribution >= 4 is 24.7 Å². The first-order chi connectivity index (χ1) is 11.7. The molecule has 2 aromatic rings. The average Bonchev–Trinajstić information content (AvgIpc) is 3.05. The van der Waals surface area contributed by atoms with Crippen LogP contribution in [0.1, 0.15) is 6.23 Å². The zero-order valence-electron chi connectivity index (χ0n) is 12.8. The number of methoxy groups -OCH3 is 1. The molecule has 0 aliphatic carbocycles. The van der Waals surface area contributed by atoms with Gasteiger partial charge in [0.15, 0.2) is 30.0 Å². The van der Waals surface area contributed by atoms with Crippen LogP contribution in [-0.4, -0.2) is 66.4 Å². The number of nitrogen functional groups attached to an aromatic ring is 1. The molecule has 1 saturated heterocycles. The summed E-state index contributed by atoms with van der Waals surface area (Å²) < 4.78 is 27.9. The summed E-state index contributed by atoms with van der Waals surface area (Å²) in [4.78, 5) is 39.8. The normalized spacial score (nSPS) is 27.2. The van der Waals surface area contributed by atoms with Crippen LogP contribution in [-0.2, 0) is 18.8 Å². The maximum Gasteiger partial charge on any atom is 0.351 e. The molecule has 138 valence electrons. The third-order valence-corrected chi connectivity index (χ3v) is 4.06. The highest BCUT2D eigenvalue weighted by molar-refractivity contribution is 7.51. The van der Waals surface area contributed by atoms with Gasteiger partial charge in [0.2, 0.25) is 5.95 Å². The van der Waals surface area contributed by atoms with Crippen molar-refractivity contribution in [3.8, 4) is 0 Å². The molecular weight excluding hydrogens is 361 g/mol. The summed E-state index contributed by atoms with van der Waals surface area (Å²) in [6.07, 6.45) is -4.38. The summed E-state index contributed by atoms with van der Waals surface area (Å²) >= 11 is 0. The number of H-pyrrole nitrogens is 1. The van der Waals surface area contributed by atoms with Crippen molar-refractivity contribution in [1.29, 1.82) is 0 Å². The number of imidazole rings is 1. The van der Waals surface area contributed by atoms with Crippen molar-refractivity contribution in [3.05, 3.63) is 16.7 Å². The van der Waals surface area contributed by atoms with Gasteiger partial charge in [0.1, 0.15) is 12.2 Å². The van der Waals surface area contributed by atoms with Crippen molar-refractivity contribution in [1.82, 2.24) is 19.5 Å². The van der Waals surface area contributed by atoms with E-state index < -0.39 is 44.2 Å². The maximum atomic E-state index is 11.8. The molecule has 25 heavy (non-hydrogen) atoms. The summed E-state index contributed by atoms with van der Waals surface area (Å²) in [6, 6.07) is 0. The van der Waals surface area contributed by atoms with Gasteiger partial charge in [-0.15, -0.1) is 0 Å². The molecule has 0 spiro atoms. The fourth-order valence-electron chi connectivity index (χ4n) is 2.54. The lowest BCUT2D eigenvalue weighted by Crippen LogP contribution is -2.34. The maximum absolute atomic E-state index is 11.8. The fraction of sp³-hybridized carbons (Fsp3) is 0.545. The van der Waals surface area contributed by atoms with Gasteiger partial charge in [-0.2, -0.15) is 4.98 Å². The molecule has 2 aromatic heterocycles. The summed E-state index contributed by atoms with van der Waals surface area (Å²) in [7, 11) is -3.14. The molecule has 6 N–H and O–H groups in total. The number of nitrogens with zero attached hydrogens (tertiary/aromatic N) is 3. The highest BCUT2D eigenvalue weighted by Crippen LogP contribution is 2.38. The van der Waals surface area contributed by atoms with Crippen LogP contribution in [0, 0.1) is 0 Å². The number of aromatic amines is 1.